The third-order valence-electron chi connectivity index (χ3n) is 6.26. The van der Waals surface area contributed by atoms with Crippen LogP contribution in [0.1, 0.15) is 84.0 Å². The van der Waals surface area contributed by atoms with Crippen LogP contribution < -0.4 is 0 Å². The van der Waals surface area contributed by atoms with E-state index in [4.69, 9.17) is 4.74 Å². The molecule has 0 unspecified atom stereocenters. The van der Waals surface area contributed by atoms with Crippen molar-refractivity contribution in [2.45, 2.75) is 84.0 Å². The van der Waals surface area contributed by atoms with E-state index >= 15 is 0 Å². The maximum Gasteiger partial charge on any atom is 0.0643 e. The Hall–Kier alpha value is -0.300. The topological polar surface area (TPSA) is 9.23 Å². The van der Waals surface area contributed by atoms with Gasteiger partial charge in [0.15, 0.2) is 0 Å². The maximum absolute atomic E-state index is 5.11. The fourth-order valence-electron chi connectivity index (χ4n) is 4.78. The molecule has 0 aliphatic heterocycles. The Kier molecular flexibility index (Phi) is 8.59. The fraction of sp³-hybridized carbons (Fsp3) is 0.905. The highest BCUT2D eigenvalue weighted by atomic mass is 16.5. The van der Waals surface area contributed by atoms with Crippen LogP contribution in [-0.2, 0) is 4.74 Å². The van der Waals surface area contributed by atoms with E-state index in [1.807, 2.05) is 0 Å². The fourth-order valence-corrected chi connectivity index (χ4v) is 4.78. The predicted octanol–water partition coefficient (Wildman–Crippen LogP) is 6.38. The highest BCUT2D eigenvalue weighted by Gasteiger charge is 2.30. The molecule has 2 aliphatic carbocycles. The molecule has 0 amide bonds. The van der Waals surface area contributed by atoms with Gasteiger partial charge < -0.3 is 4.74 Å². The van der Waals surface area contributed by atoms with Gasteiger partial charge in [-0.05, 0) is 62.2 Å². The van der Waals surface area contributed by atoms with Crippen molar-refractivity contribution in [3.05, 3.63) is 12.2 Å². The van der Waals surface area contributed by atoms with Crippen LogP contribution in [0.2, 0.25) is 0 Å². The Morgan fingerprint density at radius 2 is 1.50 bits per heavy atom. The SMILES string of the molecule is CCCCCC1CCC(C2CCC(/C=C/COC)CC2)CC1. The molecule has 0 radical (unpaired) electrons. The zero-order valence-corrected chi connectivity index (χ0v) is 15.1. The second-order valence-electron chi connectivity index (χ2n) is 7.83. The minimum Gasteiger partial charge on any atom is -0.381 e. The summed E-state index contributed by atoms with van der Waals surface area (Å²) in [5.41, 5.74) is 0. The summed E-state index contributed by atoms with van der Waals surface area (Å²) < 4.78 is 5.11. The van der Waals surface area contributed by atoms with Crippen molar-refractivity contribution in [3.63, 3.8) is 0 Å². The van der Waals surface area contributed by atoms with Crippen molar-refractivity contribution >= 4 is 0 Å². The molecule has 2 saturated carbocycles. The summed E-state index contributed by atoms with van der Waals surface area (Å²) in [5.74, 6) is 4.00. The molecule has 22 heavy (non-hydrogen) atoms. The van der Waals surface area contributed by atoms with E-state index in [0.717, 1.165) is 30.3 Å². The van der Waals surface area contributed by atoms with E-state index in [9.17, 15) is 0 Å². The monoisotopic (exact) mass is 306 g/mol. The Labute approximate surface area is 138 Å². The summed E-state index contributed by atoms with van der Waals surface area (Å²) in [4.78, 5) is 0. The molecular formula is C21H38O. The van der Waals surface area contributed by atoms with Gasteiger partial charge in [-0.2, -0.15) is 0 Å². The molecule has 2 rings (SSSR count). The first-order valence-corrected chi connectivity index (χ1v) is 9.99. The van der Waals surface area contributed by atoms with Gasteiger partial charge in [-0.15, -0.1) is 0 Å². The molecule has 2 aliphatic rings. The number of hydrogen-bond acceptors (Lipinski definition) is 1. The molecule has 128 valence electrons. The molecule has 0 aromatic heterocycles. The number of hydrogen-bond donors (Lipinski definition) is 0. The normalized spacial score (nSPS) is 33.4. The number of unbranched alkanes of at least 4 members (excludes halogenated alkanes) is 2. The number of ether oxygens (including phenoxy) is 1. The summed E-state index contributed by atoms with van der Waals surface area (Å²) in [7, 11) is 1.78. The lowest BCUT2D eigenvalue weighted by molar-refractivity contribution is 0.151. The lowest BCUT2D eigenvalue weighted by atomic mass is 9.68. The molecule has 0 spiro atoms. The highest BCUT2D eigenvalue weighted by molar-refractivity contribution is 4.92. The van der Waals surface area contributed by atoms with Gasteiger partial charge in [0.2, 0.25) is 0 Å². The first-order valence-electron chi connectivity index (χ1n) is 9.99. The van der Waals surface area contributed by atoms with Crippen LogP contribution in [0, 0.1) is 23.7 Å². The average Bonchev–Trinajstić information content (AvgIpc) is 2.57. The summed E-state index contributed by atoms with van der Waals surface area (Å²) in [6.45, 7) is 3.10. The average molecular weight is 307 g/mol. The lowest BCUT2D eigenvalue weighted by Crippen LogP contribution is -2.25. The molecule has 0 atom stereocenters. The maximum atomic E-state index is 5.11. The van der Waals surface area contributed by atoms with E-state index in [1.165, 1.54) is 77.0 Å². The molecule has 2 fully saturated rings. The number of methoxy groups -OCH3 is 1. The van der Waals surface area contributed by atoms with Crippen LogP contribution in [0.5, 0.6) is 0 Å². The van der Waals surface area contributed by atoms with Gasteiger partial charge in [-0.3, -0.25) is 0 Å². The van der Waals surface area contributed by atoms with Crippen molar-refractivity contribution < 1.29 is 4.74 Å². The summed E-state index contributed by atoms with van der Waals surface area (Å²) >= 11 is 0. The Morgan fingerprint density at radius 1 is 0.864 bits per heavy atom. The second-order valence-corrected chi connectivity index (χ2v) is 7.83. The van der Waals surface area contributed by atoms with Crippen LogP contribution in [0.4, 0.5) is 0 Å². The molecule has 0 N–H and O–H groups in total. The van der Waals surface area contributed by atoms with Crippen molar-refractivity contribution in [3.8, 4) is 0 Å². The number of allylic oxidation sites excluding steroid dienone is 1. The van der Waals surface area contributed by atoms with Crippen molar-refractivity contribution in [1.82, 2.24) is 0 Å². The van der Waals surface area contributed by atoms with Crippen molar-refractivity contribution in [1.29, 1.82) is 0 Å². The van der Waals surface area contributed by atoms with E-state index in [-0.39, 0.29) is 0 Å². The molecule has 0 bridgehead atoms. The molecule has 0 saturated heterocycles. The van der Waals surface area contributed by atoms with E-state index < -0.39 is 0 Å². The largest absolute Gasteiger partial charge is 0.381 e. The van der Waals surface area contributed by atoms with E-state index in [2.05, 4.69) is 19.1 Å². The molecular weight excluding hydrogens is 268 g/mol. The van der Waals surface area contributed by atoms with Crippen LogP contribution in [0.25, 0.3) is 0 Å². The van der Waals surface area contributed by atoms with Gasteiger partial charge in [0.1, 0.15) is 0 Å². The quantitative estimate of drug-likeness (QED) is 0.373. The van der Waals surface area contributed by atoms with Crippen molar-refractivity contribution in [2.75, 3.05) is 13.7 Å². The Balaban J connectivity index is 1.62. The summed E-state index contributed by atoms with van der Waals surface area (Å²) in [5, 5.41) is 0. The minimum absolute atomic E-state index is 0.780. The minimum atomic E-state index is 0.780. The first kappa shape index (κ1) is 18.0. The summed E-state index contributed by atoms with van der Waals surface area (Å²) in [6.07, 6.45) is 22.3. The van der Waals surface area contributed by atoms with Crippen LogP contribution in [0.3, 0.4) is 0 Å². The third-order valence-corrected chi connectivity index (χ3v) is 6.26. The summed E-state index contributed by atoms with van der Waals surface area (Å²) in [6, 6.07) is 0. The van der Waals surface area contributed by atoms with E-state index in [1.54, 1.807) is 7.11 Å². The van der Waals surface area contributed by atoms with Crippen LogP contribution in [0.15, 0.2) is 12.2 Å². The molecule has 0 aromatic carbocycles. The molecule has 0 aromatic rings. The number of rotatable bonds is 8. The zero-order chi connectivity index (χ0) is 15.6. The zero-order valence-electron chi connectivity index (χ0n) is 15.1. The molecule has 1 heteroatoms. The van der Waals surface area contributed by atoms with Gasteiger partial charge in [0, 0.05) is 7.11 Å². The van der Waals surface area contributed by atoms with Gasteiger partial charge >= 0.3 is 0 Å². The van der Waals surface area contributed by atoms with E-state index in [0.29, 0.717) is 0 Å². The highest BCUT2D eigenvalue weighted by Crippen LogP contribution is 2.42. The lowest BCUT2D eigenvalue weighted by Gasteiger charge is -2.37. The molecule has 1 nitrogen and oxygen atoms in total. The molecule has 0 heterocycles. The van der Waals surface area contributed by atoms with Crippen LogP contribution >= 0.6 is 0 Å². The van der Waals surface area contributed by atoms with Gasteiger partial charge in [0.25, 0.3) is 0 Å². The van der Waals surface area contributed by atoms with Crippen LogP contribution in [-0.4, -0.2) is 13.7 Å². The smallest absolute Gasteiger partial charge is 0.0643 e. The predicted molar refractivity (Wildman–Crippen MR) is 96.1 cm³/mol. The van der Waals surface area contributed by atoms with Gasteiger partial charge in [-0.1, -0.05) is 57.6 Å². The van der Waals surface area contributed by atoms with Crippen molar-refractivity contribution in [2.24, 2.45) is 23.7 Å². The Bertz CT molecular complexity index is 293. The van der Waals surface area contributed by atoms with Gasteiger partial charge in [0.05, 0.1) is 6.61 Å². The standard InChI is InChI=1S/C21H38O/c1-3-4-5-7-18-9-13-20(14-10-18)21-15-11-19(12-16-21)8-6-17-22-2/h6,8,18-21H,3-5,7,9-17H2,1-2H3/b8-6+. The first-order chi connectivity index (χ1) is 10.8. The third kappa shape index (κ3) is 6.07. The van der Waals surface area contributed by atoms with Gasteiger partial charge in [-0.25, -0.2) is 0 Å². The second kappa shape index (κ2) is 10.5. The Morgan fingerprint density at radius 3 is 2.09 bits per heavy atom.